The molecule has 1 fully saturated rings. The van der Waals surface area contributed by atoms with Crippen LogP contribution in [0.25, 0.3) is 16.7 Å². The number of imidazole rings is 1. The summed E-state index contributed by atoms with van der Waals surface area (Å²) < 4.78 is 41.6. The average Bonchev–Trinajstić information content (AvgIpc) is 3.29. The van der Waals surface area contributed by atoms with Gasteiger partial charge in [0.1, 0.15) is 30.0 Å². The number of nitrogens with two attached hydrogens (primary N) is 1. The maximum atomic E-state index is 14.0. The highest BCUT2D eigenvalue weighted by Crippen LogP contribution is 2.38. The van der Waals surface area contributed by atoms with Gasteiger partial charge in [0.15, 0.2) is 11.6 Å². The van der Waals surface area contributed by atoms with Crippen LogP contribution in [0.3, 0.4) is 0 Å². The molecule has 0 aliphatic carbocycles. The van der Waals surface area contributed by atoms with Crippen molar-refractivity contribution in [2.45, 2.75) is 36.9 Å². The monoisotopic (exact) mass is 558 g/mol. The van der Waals surface area contributed by atoms with Gasteiger partial charge in [-0.3, -0.25) is 9.36 Å². The number of piperidine rings is 1. The third kappa shape index (κ3) is 5.16. The number of fused-ring (bicyclic) bond motifs is 1. The van der Waals surface area contributed by atoms with E-state index in [4.69, 9.17) is 26.8 Å². The smallest absolute Gasteiger partial charge is 0.250 e. The molecule has 2 heterocycles. The third-order valence-corrected chi connectivity index (χ3v) is 7.37. The molecule has 0 unspecified atom stereocenters. The van der Waals surface area contributed by atoms with E-state index in [0.717, 1.165) is 38.1 Å². The minimum Gasteiger partial charge on any atom is -0.489 e. The fourth-order valence-electron chi connectivity index (χ4n) is 4.50. The van der Waals surface area contributed by atoms with Crippen molar-refractivity contribution in [2.75, 3.05) is 13.1 Å². The van der Waals surface area contributed by atoms with Crippen LogP contribution in [0.4, 0.5) is 8.78 Å². The van der Waals surface area contributed by atoms with Crippen molar-refractivity contribution < 1.29 is 23.0 Å². The number of primary amides is 1. The second-order valence-electron chi connectivity index (χ2n) is 9.06. The summed E-state index contributed by atoms with van der Waals surface area (Å²) in [6.45, 7) is 3.58. The lowest BCUT2D eigenvalue weighted by Gasteiger charge is -2.25. The molecule has 0 saturated carbocycles. The Morgan fingerprint density at radius 3 is 2.66 bits per heavy atom. The maximum Gasteiger partial charge on any atom is 0.250 e. The Hall–Kier alpha value is -3.34. The van der Waals surface area contributed by atoms with Gasteiger partial charge in [-0.15, -0.1) is 12.6 Å². The molecule has 3 N–H and O–H groups in total. The molecule has 4 aromatic rings. The number of thiol groups is 1. The zero-order valence-corrected chi connectivity index (χ0v) is 22.0. The number of hydrogen-bond donors (Lipinski definition) is 3. The Balaban J connectivity index is 1.49. The van der Waals surface area contributed by atoms with E-state index in [-0.39, 0.29) is 27.8 Å². The summed E-state index contributed by atoms with van der Waals surface area (Å²) in [6.07, 6.45) is 2.68. The maximum absolute atomic E-state index is 14.0. The average molecular weight is 559 g/mol. The third-order valence-electron chi connectivity index (χ3n) is 6.51. The minimum atomic E-state index is -1.02. The molecule has 1 aliphatic heterocycles. The molecule has 1 amide bonds. The summed E-state index contributed by atoms with van der Waals surface area (Å²) in [7, 11) is 0. The van der Waals surface area contributed by atoms with Gasteiger partial charge in [-0.25, -0.2) is 13.8 Å². The van der Waals surface area contributed by atoms with Gasteiger partial charge in [0, 0.05) is 23.8 Å². The molecule has 1 aliphatic rings. The summed E-state index contributed by atoms with van der Waals surface area (Å²) in [5.41, 5.74) is 7.34. The Morgan fingerprint density at radius 2 is 1.92 bits per heavy atom. The van der Waals surface area contributed by atoms with Crippen molar-refractivity contribution in [1.82, 2.24) is 14.9 Å². The first-order valence-electron chi connectivity index (χ1n) is 12.0. The predicted octanol–water partition coefficient (Wildman–Crippen LogP) is 5.62. The van der Waals surface area contributed by atoms with Crippen LogP contribution >= 0.6 is 24.2 Å². The molecule has 0 radical (unpaired) electrons. The number of hydrogen-bond acceptors (Lipinski definition) is 6. The molecule has 11 heteroatoms. The molecular formula is C27H25ClF2N4O3S. The van der Waals surface area contributed by atoms with Crippen molar-refractivity contribution in [3.63, 3.8) is 0 Å². The van der Waals surface area contributed by atoms with E-state index in [1.165, 1.54) is 17.0 Å². The number of rotatable bonds is 7. The standard InChI is InChI=1S/C27H25ClF2N4O3S/c1-14(17-3-2-4-23(25(17)28)37-16-5-7-32-8-6-16)36-24-10-15(9-18(26(24)38)27(31)35)34-13-33-21-11-19(29)20(30)12-22(21)34/h2-4,9-14,16,32,38H,5-8H2,1H3,(H2,31,35)/t14-/m1/s1. The van der Waals surface area contributed by atoms with Crippen molar-refractivity contribution in [1.29, 1.82) is 0 Å². The highest BCUT2D eigenvalue weighted by Gasteiger charge is 2.22. The van der Waals surface area contributed by atoms with Crippen molar-refractivity contribution >= 4 is 41.2 Å². The van der Waals surface area contributed by atoms with Crippen LogP contribution in [0.2, 0.25) is 5.02 Å². The highest BCUT2D eigenvalue weighted by molar-refractivity contribution is 7.80. The van der Waals surface area contributed by atoms with Crippen LogP contribution in [0.15, 0.2) is 53.7 Å². The molecule has 0 bridgehead atoms. The first kappa shape index (κ1) is 26.3. The van der Waals surface area contributed by atoms with Gasteiger partial charge >= 0.3 is 0 Å². The lowest BCUT2D eigenvalue weighted by Crippen LogP contribution is -2.34. The quantitative estimate of drug-likeness (QED) is 0.256. The minimum absolute atomic E-state index is 0.0717. The van der Waals surface area contributed by atoms with E-state index in [0.29, 0.717) is 27.5 Å². The Bertz CT molecular complexity index is 1520. The zero-order valence-electron chi connectivity index (χ0n) is 20.4. The number of carbonyl (C=O) groups excluding carboxylic acids is 1. The van der Waals surface area contributed by atoms with Gasteiger partial charge in [-0.05, 0) is 45.0 Å². The summed E-state index contributed by atoms with van der Waals surface area (Å²) in [6, 6.07) is 10.6. The summed E-state index contributed by atoms with van der Waals surface area (Å²) in [5, 5.41) is 3.74. The van der Waals surface area contributed by atoms with Gasteiger partial charge in [0.25, 0.3) is 0 Å². The molecule has 1 atom stereocenters. The molecule has 1 saturated heterocycles. The summed E-state index contributed by atoms with van der Waals surface area (Å²) >= 11 is 11.2. The largest absolute Gasteiger partial charge is 0.489 e. The SMILES string of the molecule is C[C@@H](Oc1cc(-n2cnc3cc(F)c(F)cc32)cc(C(N)=O)c1S)c1cccc(OC2CCNCC2)c1Cl. The number of aromatic nitrogens is 2. The van der Waals surface area contributed by atoms with Crippen molar-refractivity contribution in [3.05, 3.63) is 76.6 Å². The zero-order chi connectivity index (χ0) is 27.0. The molecule has 198 valence electrons. The van der Waals surface area contributed by atoms with E-state index >= 15 is 0 Å². The number of nitrogens with one attached hydrogen (secondary N) is 1. The molecular weight excluding hydrogens is 534 g/mol. The van der Waals surface area contributed by atoms with E-state index in [9.17, 15) is 13.6 Å². The lowest BCUT2D eigenvalue weighted by molar-refractivity contribution is 0.0996. The number of ether oxygens (including phenoxy) is 2. The highest BCUT2D eigenvalue weighted by atomic mass is 35.5. The van der Waals surface area contributed by atoms with E-state index in [2.05, 4.69) is 22.9 Å². The number of halogens is 3. The van der Waals surface area contributed by atoms with Crippen LogP contribution in [0.5, 0.6) is 11.5 Å². The fraction of sp³-hybridized carbons (Fsp3) is 0.259. The van der Waals surface area contributed by atoms with Gasteiger partial charge in [-0.2, -0.15) is 0 Å². The predicted molar refractivity (Wildman–Crippen MR) is 144 cm³/mol. The van der Waals surface area contributed by atoms with Gasteiger partial charge < -0.3 is 20.5 Å². The normalized spacial score (nSPS) is 15.0. The Kier molecular flexibility index (Phi) is 7.47. The van der Waals surface area contributed by atoms with Gasteiger partial charge in [0.05, 0.1) is 32.2 Å². The van der Waals surface area contributed by atoms with Gasteiger partial charge in [-0.1, -0.05) is 23.7 Å². The summed E-state index contributed by atoms with van der Waals surface area (Å²) in [4.78, 5) is 16.6. The first-order valence-corrected chi connectivity index (χ1v) is 12.9. The number of nitrogens with zero attached hydrogens (tertiary/aromatic N) is 2. The molecule has 0 spiro atoms. The first-order chi connectivity index (χ1) is 18.2. The second-order valence-corrected chi connectivity index (χ2v) is 9.89. The van der Waals surface area contributed by atoms with Crippen LogP contribution in [0.1, 0.15) is 41.8 Å². The van der Waals surface area contributed by atoms with Gasteiger partial charge in [0.2, 0.25) is 5.91 Å². The van der Waals surface area contributed by atoms with Crippen LogP contribution in [0, 0.1) is 11.6 Å². The summed E-state index contributed by atoms with van der Waals surface area (Å²) in [5.74, 6) is -1.94. The molecule has 3 aromatic carbocycles. The Labute approximate surface area is 228 Å². The van der Waals surface area contributed by atoms with Crippen molar-refractivity contribution in [2.24, 2.45) is 5.73 Å². The fourth-order valence-corrected chi connectivity index (χ4v) is 5.12. The van der Waals surface area contributed by atoms with Crippen LogP contribution in [-0.2, 0) is 0 Å². The van der Waals surface area contributed by atoms with Crippen LogP contribution in [-0.4, -0.2) is 34.7 Å². The number of carbonyl (C=O) groups is 1. The Morgan fingerprint density at radius 1 is 1.18 bits per heavy atom. The number of benzene rings is 3. The topological polar surface area (TPSA) is 91.4 Å². The second kappa shape index (κ2) is 10.8. The van der Waals surface area contributed by atoms with Crippen LogP contribution < -0.4 is 20.5 Å². The van der Waals surface area contributed by atoms with E-state index in [1.807, 2.05) is 25.1 Å². The van der Waals surface area contributed by atoms with Crippen molar-refractivity contribution in [3.8, 4) is 17.2 Å². The molecule has 38 heavy (non-hydrogen) atoms. The lowest BCUT2D eigenvalue weighted by atomic mass is 10.1. The number of amides is 1. The molecule has 7 nitrogen and oxygen atoms in total. The van der Waals surface area contributed by atoms with E-state index < -0.39 is 23.6 Å². The van der Waals surface area contributed by atoms with E-state index in [1.54, 1.807) is 6.07 Å². The molecule has 5 rings (SSSR count). The molecule has 1 aromatic heterocycles.